The summed E-state index contributed by atoms with van der Waals surface area (Å²) in [6, 6.07) is 10.4. The number of hydrogen-bond donors (Lipinski definition) is 0. The van der Waals surface area contributed by atoms with Crippen LogP contribution in [0.15, 0.2) is 36.4 Å². The first-order valence-corrected chi connectivity index (χ1v) is 7.16. The summed E-state index contributed by atoms with van der Waals surface area (Å²) < 4.78 is 11.0. The van der Waals surface area contributed by atoms with Crippen molar-refractivity contribution in [2.45, 2.75) is 12.5 Å². The lowest BCUT2D eigenvalue weighted by Gasteiger charge is -2.26. The van der Waals surface area contributed by atoms with Crippen LogP contribution < -0.4 is 9.47 Å². The Bertz CT molecular complexity index is 692. The summed E-state index contributed by atoms with van der Waals surface area (Å²) in [6.07, 6.45) is -0.133. The van der Waals surface area contributed by atoms with Crippen molar-refractivity contribution in [2.24, 2.45) is 0 Å². The summed E-state index contributed by atoms with van der Waals surface area (Å²) in [5, 5.41) is 1.04. The fourth-order valence-corrected chi connectivity index (χ4v) is 2.92. The van der Waals surface area contributed by atoms with Gasteiger partial charge in [-0.25, -0.2) is 0 Å². The minimum absolute atomic E-state index is 0.0104. The zero-order valence-corrected chi connectivity index (χ0v) is 12.7. The lowest BCUT2D eigenvalue weighted by atomic mass is 9.96. The fraction of sp³-hybridized carbons (Fsp3) is 0.188. The number of Topliss-reactive ketones (excluding diaryl/α,β-unsaturated/α-hetero) is 1. The van der Waals surface area contributed by atoms with Gasteiger partial charge in [0.25, 0.3) is 0 Å². The maximum Gasteiger partial charge on any atom is 0.170 e. The SMILES string of the molecule is COc1ccc2c(c1)C(=O)CC(c1cc(Cl)cc(Cl)c1)O2. The maximum atomic E-state index is 12.3. The Morgan fingerprint density at radius 3 is 2.52 bits per heavy atom. The number of hydrogen-bond acceptors (Lipinski definition) is 3. The van der Waals surface area contributed by atoms with Gasteiger partial charge in [-0.1, -0.05) is 23.2 Å². The summed E-state index contributed by atoms with van der Waals surface area (Å²) in [5.74, 6) is 1.19. The topological polar surface area (TPSA) is 35.5 Å². The second kappa shape index (κ2) is 5.58. The van der Waals surface area contributed by atoms with Crippen molar-refractivity contribution >= 4 is 29.0 Å². The van der Waals surface area contributed by atoms with E-state index in [0.29, 0.717) is 27.1 Å². The van der Waals surface area contributed by atoms with E-state index in [4.69, 9.17) is 32.7 Å². The first kappa shape index (κ1) is 14.2. The number of ketones is 1. The number of carbonyl (C=O) groups is 1. The Morgan fingerprint density at radius 1 is 1.14 bits per heavy atom. The number of fused-ring (bicyclic) bond motifs is 1. The summed E-state index contributed by atoms with van der Waals surface area (Å²) in [7, 11) is 1.56. The number of benzene rings is 2. The molecule has 0 N–H and O–H groups in total. The van der Waals surface area contributed by atoms with E-state index in [9.17, 15) is 4.79 Å². The Balaban J connectivity index is 1.96. The van der Waals surface area contributed by atoms with Gasteiger partial charge in [0.05, 0.1) is 19.1 Å². The van der Waals surface area contributed by atoms with Gasteiger partial charge in [-0.05, 0) is 42.0 Å². The third-order valence-corrected chi connectivity index (χ3v) is 3.82. The number of methoxy groups -OCH3 is 1. The Labute approximate surface area is 132 Å². The molecule has 1 atom stereocenters. The standard InChI is InChI=1S/C16H12Cl2O3/c1-20-12-2-3-15-13(7-12)14(19)8-16(21-15)9-4-10(17)6-11(18)5-9/h2-7,16H,8H2,1H3. The quantitative estimate of drug-likeness (QED) is 0.803. The van der Waals surface area contributed by atoms with E-state index in [-0.39, 0.29) is 18.3 Å². The van der Waals surface area contributed by atoms with E-state index in [0.717, 1.165) is 5.56 Å². The van der Waals surface area contributed by atoms with E-state index >= 15 is 0 Å². The molecular formula is C16H12Cl2O3. The molecule has 0 saturated heterocycles. The van der Waals surface area contributed by atoms with Crippen LogP contribution in [-0.2, 0) is 0 Å². The van der Waals surface area contributed by atoms with Gasteiger partial charge in [0.15, 0.2) is 5.78 Å². The lowest BCUT2D eigenvalue weighted by molar-refractivity contribution is 0.0849. The fourth-order valence-electron chi connectivity index (χ4n) is 2.38. The highest BCUT2D eigenvalue weighted by Crippen LogP contribution is 2.37. The third-order valence-electron chi connectivity index (χ3n) is 3.38. The van der Waals surface area contributed by atoms with Gasteiger partial charge in [-0.15, -0.1) is 0 Å². The van der Waals surface area contributed by atoms with Crippen molar-refractivity contribution in [3.63, 3.8) is 0 Å². The first-order valence-electron chi connectivity index (χ1n) is 6.40. The van der Waals surface area contributed by atoms with E-state index < -0.39 is 0 Å². The van der Waals surface area contributed by atoms with Gasteiger partial charge in [0, 0.05) is 10.0 Å². The summed E-state index contributed by atoms with van der Waals surface area (Å²) in [6.45, 7) is 0. The molecule has 0 spiro atoms. The van der Waals surface area contributed by atoms with Crippen LogP contribution in [0, 0.1) is 0 Å². The van der Waals surface area contributed by atoms with Crippen LogP contribution in [0.3, 0.4) is 0 Å². The Morgan fingerprint density at radius 2 is 1.86 bits per heavy atom. The number of halogens is 2. The summed E-state index contributed by atoms with van der Waals surface area (Å²) in [5.41, 5.74) is 1.33. The van der Waals surface area contributed by atoms with Crippen LogP contribution in [0.5, 0.6) is 11.5 Å². The predicted octanol–water partition coefficient (Wildman–Crippen LogP) is 4.71. The number of carbonyl (C=O) groups excluding carboxylic acids is 1. The molecule has 1 aliphatic heterocycles. The van der Waals surface area contributed by atoms with Crippen molar-refractivity contribution in [2.75, 3.05) is 7.11 Å². The van der Waals surface area contributed by atoms with Crippen molar-refractivity contribution in [1.82, 2.24) is 0 Å². The van der Waals surface area contributed by atoms with Crippen LogP contribution in [0.4, 0.5) is 0 Å². The Kier molecular flexibility index (Phi) is 3.79. The van der Waals surface area contributed by atoms with Gasteiger partial charge in [-0.2, -0.15) is 0 Å². The van der Waals surface area contributed by atoms with Crippen LogP contribution in [0.2, 0.25) is 10.0 Å². The molecule has 3 rings (SSSR count). The van der Waals surface area contributed by atoms with Gasteiger partial charge in [0.1, 0.15) is 17.6 Å². The second-order valence-corrected chi connectivity index (χ2v) is 5.67. The van der Waals surface area contributed by atoms with E-state index in [1.165, 1.54) is 0 Å². The summed E-state index contributed by atoms with van der Waals surface area (Å²) >= 11 is 12.0. The molecule has 21 heavy (non-hydrogen) atoms. The molecule has 3 nitrogen and oxygen atoms in total. The molecular weight excluding hydrogens is 311 g/mol. The van der Waals surface area contributed by atoms with Crippen molar-refractivity contribution < 1.29 is 14.3 Å². The molecule has 1 unspecified atom stereocenters. The van der Waals surface area contributed by atoms with E-state index in [1.807, 2.05) is 0 Å². The molecule has 2 aromatic carbocycles. The normalized spacial score (nSPS) is 17.1. The van der Waals surface area contributed by atoms with Gasteiger partial charge in [0.2, 0.25) is 0 Å². The lowest BCUT2D eigenvalue weighted by Crippen LogP contribution is -2.20. The zero-order valence-electron chi connectivity index (χ0n) is 11.2. The smallest absolute Gasteiger partial charge is 0.170 e. The van der Waals surface area contributed by atoms with Crippen LogP contribution in [-0.4, -0.2) is 12.9 Å². The highest BCUT2D eigenvalue weighted by Gasteiger charge is 2.28. The van der Waals surface area contributed by atoms with Gasteiger partial charge in [-0.3, -0.25) is 4.79 Å². The minimum atomic E-state index is -0.380. The number of ether oxygens (including phenoxy) is 2. The zero-order chi connectivity index (χ0) is 15.0. The third kappa shape index (κ3) is 2.85. The van der Waals surface area contributed by atoms with Gasteiger partial charge < -0.3 is 9.47 Å². The predicted molar refractivity (Wildman–Crippen MR) is 81.8 cm³/mol. The molecule has 0 amide bonds. The molecule has 1 aliphatic rings. The minimum Gasteiger partial charge on any atom is -0.497 e. The molecule has 2 aromatic rings. The molecule has 5 heteroatoms. The molecule has 0 fully saturated rings. The molecule has 108 valence electrons. The van der Waals surface area contributed by atoms with Crippen molar-refractivity contribution in [1.29, 1.82) is 0 Å². The van der Waals surface area contributed by atoms with E-state index in [1.54, 1.807) is 43.5 Å². The first-order chi connectivity index (χ1) is 10.1. The molecule has 0 aliphatic carbocycles. The average Bonchev–Trinajstić information content (AvgIpc) is 2.46. The molecule has 0 saturated carbocycles. The van der Waals surface area contributed by atoms with Crippen LogP contribution in [0.25, 0.3) is 0 Å². The van der Waals surface area contributed by atoms with Crippen molar-refractivity contribution in [3.8, 4) is 11.5 Å². The molecule has 0 bridgehead atoms. The highest BCUT2D eigenvalue weighted by molar-refractivity contribution is 6.34. The van der Waals surface area contributed by atoms with Crippen LogP contribution >= 0.6 is 23.2 Å². The number of rotatable bonds is 2. The Hall–Kier alpha value is -1.71. The monoisotopic (exact) mass is 322 g/mol. The van der Waals surface area contributed by atoms with Gasteiger partial charge >= 0.3 is 0 Å². The molecule has 1 heterocycles. The van der Waals surface area contributed by atoms with Crippen molar-refractivity contribution in [3.05, 3.63) is 57.6 Å². The largest absolute Gasteiger partial charge is 0.497 e. The highest BCUT2D eigenvalue weighted by atomic mass is 35.5. The van der Waals surface area contributed by atoms with E-state index in [2.05, 4.69) is 0 Å². The summed E-state index contributed by atoms with van der Waals surface area (Å²) in [4.78, 5) is 12.3. The van der Waals surface area contributed by atoms with Crippen LogP contribution in [0.1, 0.15) is 28.4 Å². The second-order valence-electron chi connectivity index (χ2n) is 4.80. The maximum absolute atomic E-state index is 12.3. The molecule has 0 radical (unpaired) electrons. The average molecular weight is 323 g/mol. The molecule has 0 aromatic heterocycles.